The number of aromatic nitrogens is 3. The molecule has 0 radical (unpaired) electrons. The second kappa shape index (κ2) is 11.3. The van der Waals surface area contributed by atoms with Crippen molar-refractivity contribution < 1.29 is 19.5 Å². The molecule has 2 saturated carbocycles. The van der Waals surface area contributed by atoms with Crippen LogP contribution in [-0.4, -0.2) is 42.5 Å². The van der Waals surface area contributed by atoms with Crippen LogP contribution in [-0.2, 0) is 16.6 Å². The first-order chi connectivity index (χ1) is 20.3. The smallest absolute Gasteiger partial charge is 0.328 e. The number of aryl methyl sites for hydroxylation is 1. The SMILES string of the molecule is Cn1cccc1-c1nc2cc(C(=O)NC3(C(=O)Nc4ccc(/C=C/C(=O)O)cc4)CCCC3)ccc2n1C1CCCC1. The number of hydrogen-bond acceptors (Lipinski definition) is 4. The van der Waals surface area contributed by atoms with Crippen LogP contribution in [0.2, 0.25) is 0 Å². The van der Waals surface area contributed by atoms with Gasteiger partial charge in [-0.25, -0.2) is 9.78 Å². The molecule has 2 aromatic carbocycles. The highest BCUT2D eigenvalue weighted by molar-refractivity contribution is 6.05. The van der Waals surface area contributed by atoms with Crippen molar-refractivity contribution in [2.24, 2.45) is 7.05 Å². The zero-order chi connectivity index (χ0) is 29.3. The number of carboxylic acid groups (broad SMARTS) is 1. The number of amides is 2. The van der Waals surface area contributed by atoms with Gasteiger partial charge in [0, 0.05) is 36.6 Å². The number of carbonyl (C=O) groups excluding carboxylic acids is 2. The molecule has 0 unspecified atom stereocenters. The second-order valence-electron chi connectivity index (χ2n) is 11.4. The van der Waals surface area contributed by atoms with E-state index in [0.717, 1.165) is 54.3 Å². The minimum absolute atomic E-state index is 0.250. The van der Waals surface area contributed by atoms with Crippen LogP contribution in [0.25, 0.3) is 28.6 Å². The zero-order valence-electron chi connectivity index (χ0n) is 23.7. The topological polar surface area (TPSA) is 118 Å². The summed E-state index contributed by atoms with van der Waals surface area (Å²) < 4.78 is 4.41. The predicted octanol–water partition coefficient (Wildman–Crippen LogP) is 5.94. The average Bonchev–Trinajstić information content (AvgIpc) is 3.79. The molecule has 0 saturated heterocycles. The van der Waals surface area contributed by atoms with Gasteiger partial charge < -0.3 is 24.9 Å². The molecule has 0 atom stereocenters. The molecule has 6 rings (SSSR count). The van der Waals surface area contributed by atoms with Crippen molar-refractivity contribution in [1.82, 2.24) is 19.4 Å². The van der Waals surface area contributed by atoms with E-state index in [1.807, 2.05) is 37.5 Å². The molecule has 2 heterocycles. The predicted molar refractivity (Wildman–Crippen MR) is 162 cm³/mol. The molecular weight excluding hydrogens is 530 g/mol. The minimum atomic E-state index is -1.02. The van der Waals surface area contributed by atoms with Gasteiger partial charge in [0.15, 0.2) is 5.82 Å². The molecule has 216 valence electrons. The van der Waals surface area contributed by atoms with Crippen LogP contribution in [0.3, 0.4) is 0 Å². The Morgan fingerprint density at radius 1 is 1.00 bits per heavy atom. The van der Waals surface area contributed by atoms with Crippen LogP contribution in [0.1, 0.15) is 73.3 Å². The van der Waals surface area contributed by atoms with Crippen molar-refractivity contribution in [3.05, 3.63) is 78.0 Å². The number of fused-ring (bicyclic) bond motifs is 1. The van der Waals surface area contributed by atoms with Gasteiger partial charge in [0.2, 0.25) is 5.91 Å². The summed E-state index contributed by atoms with van der Waals surface area (Å²) in [7, 11) is 2.02. The zero-order valence-corrected chi connectivity index (χ0v) is 23.7. The van der Waals surface area contributed by atoms with Crippen molar-refractivity contribution >= 4 is 40.6 Å². The Labute approximate surface area is 244 Å². The molecule has 0 bridgehead atoms. The van der Waals surface area contributed by atoms with Gasteiger partial charge in [0.25, 0.3) is 5.91 Å². The summed E-state index contributed by atoms with van der Waals surface area (Å²) in [6.07, 6.45) is 12.0. The van der Waals surface area contributed by atoms with Crippen molar-refractivity contribution in [3.8, 4) is 11.5 Å². The Bertz CT molecular complexity index is 1670. The van der Waals surface area contributed by atoms with Crippen molar-refractivity contribution in [2.45, 2.75) is 62.9 Å². The first-order valence-electron chi connectivity index (χ1n) is 14.6. The number of carbonyl (C=O) groups is 3. The molecule has 2 aromatic heterocycles. The van der Waals surface area contributed by atoms with Gasteiger partial charge in [0.05, 0.1) is 16.7 Å². The molecule has 42 heavy (non-hydrogen) atoms. The van der Waals surface area contributed by atoms with Crippen LogP contribution in [0.15, 0.2) is 66.9 Å². The molecule has 9 nitrogen and oxygen atoms in total. The minimum Gasteiger partial charge on any atom is -0.478 e. The van der Waals surface area contributed by atoms with Gasteiger partial charge in [-0.1, -0.05) is 37.8 Å². The Kier molecular flexibility index (Phi) is 7.41. The van der Waals surface area contributed by atoms with E-state index in [2.05, 4.69) is 25.8 Å². The molecule has 2 amide bonds. The maximum atomic E-state index is 13.6. The summed E-state index contributed by atoms with van der Waals surface area (Å²) >= 11 is 0. The van der Waals surface area contributed by atoms with Crippen LogP contribution in [0.5, 0.6) is 0 Å². The molecule has 0 aliphatic heterocycles. The highest BCUT2D eigenvalue weighted by Gasteiger charge is 2.42. The summed E-state index contributed by atoms with van der Waals surface area (Å²) in [5.41, 5.74) is 3.59. The Hall–Kier alpha value is -4.66. The molecule has 2 aliphatic carbocycles. The lowest BCUT2D eigenvalue weighted by Crippen LogP contribution is -2.55. The molecule has 4 aromatic rings. The van der Waals surface area contributed by atoms with E-state index >= 15 is 0 Å². The van der Waals surface area contributed by atoms with Gasteiger partial charge in [-0.05, 0) is 79.8 Å². The van der Waals surface area contributed by atoms with Gasteiger partial charge in [-0.3, -0.25) is 9.59 Å². The van der Waals surface area contributed by atoms with E-state index in [-0.39, 0.29) is 11.8 Å². The van der Waals surface area contributed by atoms with Gasteiger partial charge >= 0.3 is 5.97 Å². The Morgan fingerprint density at radius 3 is 2.40 bits per heavy atom. The monoisotopic (exact) mass is 565 g/mol. The fourth-order valence-corrected chi connectivity index (χ4v) is 6.42. The quantitative estimate of drug-likeness (QED) is 0.229. The molecule has 9 heteroatoms. The third-order valence-corrected chi connectivity index (χ3v) is 8.65. The second-order valence-corrected chi connectivity index (χ2v) is 11.4. The largest absolute Gasteiger partial charge is 0.478 e. The molecule has 2 aliphatic rings. The number of rotatable bonds is 8. The van der Waals surface area contributed by atoms with Crippen LogP contribution in [0.4, 0.5) is 5.69 Å². The lowest BCUT2D eigenvalue weighted by atomic mass is 9.95. The van der Waals surface area contributed by atoms with E-state index in [0.29, 0.717) is 35.7 Å². The van der Waals surface area contributed by atoms with E-state index < -0.39 is 11.5 Å². The number of nitrogens with zero attached hydrogens (tertiary/aromatic N) is 3. The van der Waals surface area contributed by atoms with Crippen LogP contribution >= 0.6 is 0 Å². The maximum absolute atomic E-state index is 13.6. The summed E-state index contributed by atoms with van der Waals surface area (Å²) in [6, 6.07) is 17.1. The molecule has 3 N–H and O–H groups in total. The number of carboxylic acids is 1. The van der Waals surface area contributed by atoms with E-state index in [9.17, 15) is 14.4 Å². The number of aliphatic carboxylic acids is 1. The number of nitrogens with one attached hydrogen (secondary N) is 2. The normalized spacial score (nSPS) is 16.8. The molecular formula is C33H35N5O4. The number of imidazole rings is 1. The summed E-state index contributed by atoms with van der Waals surface area (Å²) in [4.78, 5) is 43.0. The highest BCUT2D eigenvalue weighted by Crippen LogP contribution is 2.37. The Balaban J connectivity index is 1.24. The van der Waals surface area contributed by atoms with E-state index in [1.165, 1.54) is 18.9 Å². The third-order valence-electron chi connectivity index (χ3n) is 8.65. The fraction of sp³-hybridized carbons (Fsp3) is 0.333. The molecule has 0 spiro atoms. The lowest BCUT2D eigenvalue weighted by Gasteiger charge is -2.29. The summed E-state index contributed by atoms with van der Waals surface area (Å²) in [5.74, 6) is -0.652. The molecule has 2 fully saturated rings. The number of anilines is 1. The standard InChI is InChI=1S/C33H35N5O4/c1-37-20-6-9-28(37)30-35-26-21-23(13-16-27(26)38(30)25-7-2-3-8-25)31(41)36-33(18-4-5-19-33)32(42)34-24-14-10-22(11-15-24)12-17-29(39)40/h6,9-17,20-21,25H,2-5,7-8,18-19H2,1H3,(H,34,42)(H,36,41)(H,39,40)/b17-12+. The van der Waals surface area contributed by atoms with Gasteiger partial charge in [-0.15, -0.1) is 0 Å². The average molecular weight is 566 g/mol. The van der Waals surface area contributed by atoms with E-state index in [4.69, 9.17) is 10.1 Å². The first kappa shape index (κ1) is 27.5. The highest BCUT2D eigenvalue weighted by atomic mass is 16.4. The third kappa shape index (κ3) is 5.34. The first-order valence-corrected chi connectivity index (χ1v) is 14.6. The van der Waals surface area contributed by atoms with Crippen molar-refractivity contribution in [3.63, 3.8) is 0 Å². The van der Waals surface area contributed by atoms with Gasteiger partial charge in [-0.2, -0.15) is 0 Å². The maximum Gasteiger partial charge on any atom is 0.328 e. The van der Waals surface area contributed by atoms with Gasteiger partial charge in [0.1, 0.15) is 5.54 Å². The summed E-state index contributed by atoms with van der Waals surface area (Å²) in [5, 5.41) is 14.9. The van der Waals surface area contributed by atoms with Crippen molar-refractivity contribution in [1.29, 1.82) is 0 Å². The van der Waals surface area contributed by atoms with E-state index in [1.54, 1.807) is 24.3 Å². The number of benzene rings is 2. The Morgan fingerprint density at radius 2 is 1.74 bits per heavy atom. The lowest BCUT2D eigenvalue weighted by molar-refractivity contribution is -0.131. The van der Waals surface area contributed by atoms with Crippen molar-refractivity contribution in [2.75, 3.05) is 5.32 Å². The fourth-order valence-electron chi connectivity index (χ4n) is 6.42. The summed E-state index contributed by atoms with van der Waals surface area (Å²) in [6.45, 7) is 0. The van der Waals surface area contributed by atoms with Crippen LogP contribution in [0, 0.1) is 0 Å². The number of hydrogen-bond donors (Lipinski definition) is 3. The van der Waals surface area contributed by atoms with Crippen LogP contribution < -0.4 is 10.6 Å².